The van der Waals surface area contributed by atoms with Crippen molar-refractivity contribution in [2.75, 3.05) is 26.4 Å². The lowest BCUT2D eigenvalue weighted by atomic mass is 10.0. The number of esters is 2. The molecule has 0 aliphatic rings. The molecule has 0 bridgehead atoms. The van der Waals surface area contributed by atoms with Crippen molar-refractivity contribution < 1.29 is 47.8 Å². The van der Waals surface area contributed by atoms with E-state index < -0.39 is 51.8 Å². The van der Waals surface area contributed by atoms with Crippen LogP contribution in [0, 0.1) is 0 Å². The van der Waals surface area contributed by atoms with E-state index in [1.54, 1.807) is 0 Å². The number of ether oxygens (including phenoxy) is 2. The summed E-state index contributed by atoms with van der Waals surface area (Å²) in [5, 5.41) is 18.3. The van der Waals surface area contributed by atoms with Gasteiger partial charge >= 0.3 is 19.8 Å². The summed E-state index contributed by atoms with van der Waals surface area (Å²) in [5.74, 6) is -0.931. The molecule has 0 saturated carbocycles. The number of unbranched alkanes of at least 4 members (excludes halogenated alkanes) is 20. The van der Waals surface area contributed by atoms with Crippen LogP contribution in [0.4, 0.5) is 0 Å². The molecule has 0 spiro atoms. The van der Waals surface area contributed by atoms with Crippen molar-refractivity contribution >= 4 is 19.8 Å². The zero-order chi connectivity index (χ0) is 35.6. The average Bonchev–Trinajstić information content (AvgIpc) is 3.07. The molecule has 0 heterocycles. The van der Waals surface area contributed by atoms with Crippen LogP contribution < -0.4 is 0 Å². The molecule has 0 saturated heterocycles. The van der Waals surface area contributed by atoms with Crippen molar-refractivity contribution in [2.45, 2.75) is 187 Å². The molecule has 284 valence electrons. The van der Waals surface area contributed by atoms with Crippen molar-refractivity contribution in [3.63, 3.8) is 0 Å². The van der Waals surface area contributed by atoms with Crippen LogP contribution in [0.1, 0.15) is 174 Å². The van der Waals surface area contributed by atoms with Gasteiger partial charge < -0.3 is 24.6 Å². The first-order valence-electron chi connectivity index (χ1n) is 19.1. The molecule has 10 nitrogen and oxygen atoms in total. The van der Waals surface area contributed by atoms with Crippen LogP contribution in [0.15, 0.2) is 12.2 Å². The highest BCUT2D eigenvalue weighted by atomic mass is 31.2. The summed E-state index contributed by atoms with van der Waals surface area (Å²) in [6.07, 6.45) is 28.9. The van der Waals surface area contributed by atoms with Crippen LogP contribution in [0.25, 0.3) is 0 Å². The molecular weight excluding hydrogens is 635 g/mol. The van der Waals surface area contributed by atoms with Gasteiger partial charge in [-0.25, -0.2) is 4.57 Å². The topological polar surface area (TPSA) is 149 Å². The van der Waals surface area contributed by atoms with E-state index in [0.717, 1.165) is 57.8 Å². The monoisotopic (exact) mass is 706 g/mol. The number of hydrogen-bond donors (Lipinski definition) is 3. The highest BCUT2D eigenvalue weighted by Crippen LogP contribution is 2.43. The molecule has 0 amide bonds. The number of phosphoric ester groups is 1. The molecule has 0 aromatic carbocycles. The number of rotatable bonds is 36. The van der Waals surface area contributed by atoms with Crippen LogP contribution in [-0.4, -0.2) is 65.7 Å². The van der Waals surface area contributed by atoms with Gasteiger partial charge in [-0.2, -0.15) is 0 Å². The Morgan fingerprint density at radius 2 is 1.02 bits per heavy atom. The Morgan fingerprint density at radius 3 is 1.54 bits per heavy atom. The van der Waals surface area contributed by atoms with Gasteiger partial charge in [0, 0.05) is 12.8 Å². The maximum absolute atomic E-state index is 12.5. The average molecular weight is 707 g/mol. The first-order chi connectivity index (χ1) is 23.2. The summed E-state index contributed by atoms with van der Waals surface area (Å²) in [5.41, 5.74) is 0. The van der Waals surface area contributed by atoms with Crippen molar-refractivity contribution in [3.05, 3.63) is 12.2 Å². The van der Waals surface area contributed by atoms with E-state index in [0.29, 0.717) is 12.8 Å². The SMILES string of the molecule is CCCCC/C=C\CCCCCCCC(=O)O[C@H](COC(=O)CCCCCCCCCCCCCCC)COP(=O)(O)OC[C@@H](O)CO. The molecule has 0 aliphatic carbocycles. The number of carbonyl (C=O) groups excluding carboxylic acids is 2. The van der Waals surface area contributed by atoms with Gasteiger partial charge in [0.1, 0.15) is 12.7 Å². The van der Waals surface area contributed by atoms with E-state index in [1.165, 1.54) is 77.0 Å². The minimum absolute atomic E-state index is 0.177. The Labute approximate surface area is 292 Å². The third-order valence-corrected chi connectivity index (χ3v) is 9.12. The van der Waals surface area contributed by atoms with Gasteiger partial charge in [0.15, 0.2) is 6.10 Å². The lowest BCUT2D eigenvalue weighted by Crippen LogP contribution is -2.29. The largest absolute Gasteiger partial charge is 0.472 e. The van der Waals surface area contributed by atoms with Gasteiger partial charge in [-0.05, 0) is 38.5 Å². The third-order valence-electron chi connectivity index (χ3n) is 8.17. The number of aliphatic hydroxyl groups excluding tert-OH is 2. The maximum Gasteiger partial charge on any atom is 0.472 e. The van der Waals surface area contributed by atoms with Gasteiger partial charge in [-0.15, -0.1) is 0 Å². The summed E-state index contributed by atoms with van der Waals surface area (Å²) >= 11 is 0. The van der Waals surface area contributed by atoms with Gasteiger partial charge in [-0.1, -0.05) is 135 Å². The summed E-state index contributed by atoms with van der Waals surface area (Å²) < 4.78 is 32.5. The number of carbonyl (C=O) groups is 2. The Balaban J connectivity index is 4.36. The Kier molecular flexibility index (Phi) is 33.3. The predicted molar refractivity (Wildman–Crippen MR) is 192 cm³/mol. The summed E-state index contributed by atoms with van der Waals surface area (Å²) in [7, 11) is -4.61. The van der Waals surface area contributed by atoms with E-state index in [1.807, 2.05) is 0 Å². The molecule has 48 heavy (non-hydrogen) atoms. The second-order valence-corrected chi connectivity index (χ2v) is 14.4. The first-order valence-corrected chi connectivity index (χ1v) is 20.6. The fraction of sp³-hybridized carbons (Fsp3) is 0.892. The molecule has 0 rings (SSSR count). The smallest absolute Gasteiger partial charge is 0.462 e. The minimum Gasteiger partial charge on any atom is -0.462 e. The van der Waals surface area contributed by atoms with Crippen molar-refractivity contribution in [3.8, 4) is 0 Å². The molecule has 0 aromatic heterocycles. The van der Waals surface area contributed by atoms with Gasteiger partial charge in [0.25, 0.3) is 0 Å². The number of aliphatic hydroxyl groups is 2. The molecule has 1 unspecified atom stereocenters. The zero-order valence-electron chi connectivity index (χ0n) is 30.5. The standard InChI is InChI=1S/C37H71O10P/c1-3-5-7-9-11-13-15-17-19-20-22-24-26-28-36(40)44-32-35(33-46-48(42,43)45-31-34(39)30-38)47-37(41)29-27-25-23-21-18-16-14-12-10-8-6-4-2/h12,14,34-35,38-39H,3-11,13,15-33H2,1-2H3,(H,42,43)/b14-12-/t34-,35+/m0/s1. The second kappa shape index (κ2) is 34.2. The summed E-state index contributed by atoms with van der Waals surface area (Å²) in [6, 6.07) is 0. The molecule has 0 aliphatic heterocycles. The van der Waals surface area contributed by atoms with E-state index in [-0.39, 0.29) is 19.4 Å². The minimum atomic E-state index is -4.61. The van der Waals surface area contributed by atoms with Crippen LogP contribution in [-0.2, 0) is 32.7 Å². The number of hydrogen-bond acceptors (Lipinski definition) is 9. The molecule has 0 radical (unpaired) electrons. The number of allylic oxidation sites excluding steroid dienone is 2. The molecule has 3 atom stereocenters. The van der Waals surface area contributed by atoms with Crippen LogP contribution in [0.2, 0.25) is 0 Å². The van der Waals surface area contributed by atoms with Crippen LogP contribution in [0.5, 0.6) is 0 Å². The molecule has 11 heteroatoms. The van der Waals surface area contributed by atoms with Crippen LogP contribution >= 0.6 is 7.82 Å². The van der Waals surface area contributed by atoms with E-state index in [9.17, 15) is 24.2 Å². The van der Waals surface area contributed by atoms with Gasteiger partial charge in [-0.3, -0.25) is 18.6 Å². The van der Waals surface area contributed by atoms with Gasteiger partial charge in [0.05, 0.1) is 19.8 Å². The summed E-state index contributed by atoms with van der Waals surface area (Å²) in [4.78, 5) is 34.8. The number of phosphoric acid groups is 1. The molecule has 3 N–H and O–H groups in total. The predicted octanol–water partition coefficient (Wildman–Crippen LogP) is 9.28. The van der Waals surface area contributed by atoms with E-state index >= 15 is 0 Å². The summed E-state index contributed by atoms with van der Waals surface area (Å²) in [6.45, 7) is 2.34. The maximum atomic E-state index is 12.5. The molecule has 0 fully saturated rings. The Morgan fingerprint density at radius 1 is 0.604 bits per heavy atom. The lowest BCUT2D eigenvalue weighted by Gasteiger charge is -2.20. The van der Waals surface area contributed by atoms with Gasteiger partial charge in [0.2, 0.25) is 0 Å². The lowest BCUT2D eigenvalue weighted by molar-refractivity contribution is -0.161. The van der Waals surface area contributed by atoms with E-state index in [4.69, 9.17) is 19.1 Å². The zero-order valence-corrected chi connectivity index (χ0v) is 31.4. The highest BCUT2D eigenvalue weighted by Gasteiger charge is 2.27. The quantitative estimate of drug-likeness (QED) is 0.0249. The molecule has 0 aromatic rings. The fourth-order valence-electron chi connectivity index (χ4n) is 5.16. The Hall–Kier alpha value is -1.29. The highest BCUT2D eigenvalue weighted by molar-refractivity contribution is 7.47. The first kappa shape index (κ1) is 46.7. The van der Waals surface area contributed by atoms with Crippen molar-refractivity contribution in [2.24, 2.45) is 0 Å². The van der Waals surface area contributed by atoms with Crippen molar-refractivity contribution in [1.29, 1.82) is 0 Å². The van der Waals surface area contributed by atoms with Crippen molar-refractivity contribution in [1.82, 2.24) is 0 Å². The Bertz CT molecular complexity index is 822. The normalized spacial score (nSPS) is 14.2. The fourth-order valence-corrected chi connectivity index (χ4v) is 5.95. The third kappa shape index (κ3) is 33.2. The van der Waals surface area contributed by atoms with E-state index in [2.05, 4.69) is 30.5 Å². The molecular formula is C37H71O10P. The van der Waals surface area contributed by atoms with Crippen LogP contribution in [0.3, 0.4) is 0 Å². The second-order valence-electron chi connectivity index (χ2n) is 13.0.